The van der Waals surface area contributed by atoms with Gasteiger partial charge in [-0.3, -0.25) is 4.90 Å². The van der Waals surface area contributed by atoms with Crippen LogP contribution in [0.5, 0.6) is 0 Å². The molecule has 110 valence electrons. The maximum absolute atomic E-state index is 9.91. The van der Waals surface area contributed by atoms with Crippen LogP contribution in [0, 0.1) is 0 Å². The molecule has 0 rings (SSSR count). The number of hydrogen-bond donors (Lipinski definition) is 1. The molecule has 5 nitrogen and oxygen atoms in total. The molecule has 0 bridgehead atoms. The summed E-state index contributed by atoms with van der Waals surface area (Å²) < 4.78 is 15.3. The predicted molar refractivity (Wildman–Crippen MR) is 71.9 cm³/mol. The number of methoxy groups -OCH3 is 2. The minimum Gasteiger partial charge on any atom is -0.389 e. The molecule has 0 aliphatic carbocycles. The lowest BCUT2D eigenvalue weighted by Gasteiger charge is -2.30. The lowest BCUT2D eigenvalue weighted by Crippen LogP contribution is -2.42. The molecule has 0 aromatic carbocycles. The van der Waals surface area contributed by atoms with Gasteiger partial charge >= 0.3 is 0 Å². The molecular weight excluding hydrogens is 234 g/mol. The van der Waals surface area contributed by atoms with Gasteiger partial charge in [-0.15, -0.1) is 0 Å². The zero-order chi connectivity index (χ0) is 13.8. The highest BCUT2D eigenvalue weighted by Crippen LogP contribution is 2.05. The minimum atomic E-state index is -0.465. The number of hydrogen-bond acceptors (Lipinski definition) is 5. The second-order valence-corrected chi connectivity index (χ2v) is 4.47. The van der Waals surface area contributed by atoms with Crippen LogP contribution >= 0.6 is 0 Å². The summed E-state index contributed by atoms with van der Waals surface area (Å²) in [4.78, 5) is 2.23. The van der Waals surface area contributed by atoms with Crippen LogP contribution in [0.15, 0.2) is 0 Å². The Bertz CT molecular complexity index is 180. The lowest BCUT2D eigenvalue weighted by molar-refractivity contribution is -0.00908. The third-order valence-electron chi connectivity index (χ3n) is 2.98. The monoisotopic (exact) mass is 263 g/mol. The summed E-state index contributed by atoms with van der Waals surface area (Å²) in [6.07, 6.45) is 0.591. The molecule has 0 amide bonds. The number of ether oxygens (including phenoxy) is 3. The van der Waals surface area contributed by atoms with Gasteiger partial charge in [0.05, 0.1) is 32.5 Å². The molecule has 5 heteroatoms. The highest BCUT2D eigenvalue weighted by atomic mass is 16.5. The van der Waals surface area contributed by atoms with Crippen LogP contribution in [0.25, 0.3) is 0 Å². The van der Waals surface area contributed by atoms with Gasteiger partial charge < -0.3 is 19.3 Å². The summed E-state index contributed by atoms with van der Waals surface area (Å²) in [6.45, 7) is 7.87. The molecule has 0 fully saturated rings. The normalized spacial score (nSPS) is 15.0. The van der Waals surface area contributed by atoms with Crippen LogP contribution in [0.2, 0.25) is 0 Å². The molecule has 0 saturated carbocycles. The van der Waals surface area contributed by atoms with Crippen molar-refractivity contribution in [2.24, 2.45) is 0 Å². The summed E-state index contributed by atoms with van der Waals surface area (Å²) in [6, 6.07) is 0.439. The molecular formula is C13H29NO4. The predicted octanol–water partition coefficient (Wildman–Crippen LogP) is 0.757. The Hall–Kier alpha value is -0.200. The van der Waals surface area contributed by atoms with E-state index in [-0.39, 0.29) is 0 Å². The van der Waals surface area contributed by atoms with Crippen LogP contribution in [0.1, 0.15) is 20.3 Å². The van der Waals surface area contributed by atoms with Crippen molar-refractivity contribution in [1.82, 2.24) is 4.90 Å². The smallest absolute Gasteiger partial charge is 0.0900 e. The van der Waals surface area contributed by atoms with Gasteiger partial charge in [-0.1, -0.05) is 6.92 Å². The molecule has 2 unspecified atom stereocenters. The van der Waals surface area contributed by atoms with E-state index in [0.29, 0.717) is 39.0 Å². The van der Waals surface area contributed by atoms with Gasteiger partial charge in [-0.2, -0.15) is 0 Å². The fourth-order valence-electron chi connectivity index (χ4n) is 1.64. The summed E-state index contributed by atoms with van der Waals surface area (Å²) >= 11 is 0. The van der Waals surface area contributed by atoms with E-state index < -0.39 is 6.10 Å². The molecule has 1 N–H and O–H groups in total. The quantitative estimate of drug-likeness (QED) is 0.527. The van der Waals surface area contributed by atoms with Crippen molar-refractivity contribution >= 4 is 0 Å². The minimum absolute atomic E-state index is 0.350. The zero-order valence-corrected chi connectivity index (χ0v) is 12.2. The number of nitrogens with zero attached hydrogens (tertiary/aromatic N) is 1. The summed E-state index contributed by atoms with van der Waals surface area (Å²) in [7, 11) is 3.33. The molecule has 0 radical (unpaired) electrons. The standard InChI is InChI=1S/C13H29NO4/c1-5-12(2)14(6-7-16-3)10-13(15)11-18-9-8-17-4/h12-13,15H,5-11H2,1-4H3. The Morgan fingerprint density at radius 1 is 1.11 bits per heavy atom. The molecule has 0 aliphatic heterocycles. The molecule has 0 aromatic heterocycles. The van der Waals surface area contributed by atoms with Gasteiger partial charge in [0.25, 0.3) is 0 Å². The van der Waals surface area contributed by atoms with Gasteiger partial charge in [0, 0.05) is 33.4 Å². The second kappa shape index (κ2) is 11.9. The average Bonchev–Trinajstić information content (AvgIpc) is 2.38. The number of aliphatic hydroxyl groups is 1. The maximum Gasteiger partial charge on any atom is 0.0900 e. The lowest BCUT2D eigenvalue weighted by atomic mass is 10.2. The van der Waals surface area contributed by atoms with Crippen molar-refractivity contribution in [2.75, 3.05) is 53.7 Å². The van der Waals surface area contributed by atoms with Crippen LogP contribution < -0.4 is 0 Å². The van der Waals surface area contributed by atoms with E-state index in [1.807, 2.05) is 0 Å². The highest BCUT2D eigenvalue weighted by Gasteiger charge is 2.16. The van der Waals surface area contributed by atoms with Gasteiger partial charge in [-0.25, -0.2) is 0 Å². The van der Waals surface area contributed by atoms with E-state index >= 15 is 0 Å². The SMILES string of the molecule is CCC(C)N(CCOC)CC(O)COCCOC. The first-order chi connectivity index (χ1) is 8.65. The van der Waals surface area contributed by atoms with Crippen molar-refractivity contribution in [1.29, 1.82) is 0 Å². The van der Waals surface area contributed by atoms with Gasteiger partial charge in [-0.05, 0) is 13.3 Å². The first-order valence-electron chi connectivity index (χ1n) is 6.63. The third kappa shape index (κ3) is 8.83. The molecule has 18 heavy (non-hydrogen) atoms. The maximum atomic E-state index is 9.91. The Morgan fingerprint density at radius 3 is 2.33 bits per heavy atom. The third-order valence-corrected chi connectivity index (χ3v) is 2.98. The number of aliphatic hydroxyl groups excluding tert-OH is 1. The largest absolute Gasteiger partial charge is 0.389 e. The van der Waals surface area contributed by atoms with E-state index in [9.17, 15) is 5.11 Å². The Labute approximate surface area is 111 Å². The molecule has 0 aromatic rings. The van der Waals surface area contributed by atoms with Crippen molar-refractivity contribution in [3.8, 4) is 0 Å². The zero-order valence-electron chi connectivity index (χ0n) is 12.2. The topological polar surface area (TPSA) is 51.2 Å². The summed E-state index contributed by atoms with van der Waals surface area (Å²) in [5, 5.41) is 9.91. The fourth-order valence-corrected chi connectivity index (χ4v) is 1.64. The van der Waals surface area contributed by atoms with Crippen molar-refractivity contribution in [3.63, 3.8) is 0 Å². The Kier molecular flexibility index (Phi) is 11.7. The fraction of sp³-hybridized carbons (Fsp3) is 1.00. The van der Waals surface area contributed by atoms with E-state index in [2.05, 4.69) is 18.7 Å². The first kappa shape index (κ1) is 17.8. The molecule has 0 spiro atoms. The molecule has 0 saturated heterocycles. The highest BCUT2D eigenvalue weighted by molar-refractivity contribution is 4.70. The molecule has 0 heterocycles. The van der Waals surface area contributed by atoms with Crippen LogP contribution in [-0.2, 0) is 14.2 Å². The van der Waals surface area contributed by atoms with Gasteiger partial charge in [0.2, 0.25) is 0 Å². The molecule has 0 aliphatic rings. The summed E-state index contributed by atoms with van der Waals surface area (Å²) in [5.41, 5.74) is 0. The Balaban J connectivity index is 3.89. The van der Waals surface area contributed by atoms with Gasteiger partial charge in [0.15, 0.2) is 0 Å². The Morgan fingerprint density at radius 2 is 1.78 bits per heavy atom. The van der Waals surface area contributed by atoms with E-state index in [1.54, 1.807) is 14.2 Å². The van der Waals surface area contributed by atoms with E-state index in [0.717, 1.165) is 13.0 Å². The van der Waals surface area contributed by atoms with Crippen LogP contribution in [0.4, 0.5) is 0 Å². The van der Waals surface area contributed by atoms with Crippen molar-refractivity contribution in [3.05, 3.63) is 0 Å². The first-order valence-corrected chi connectivity index (χ1v) is 6.63. The molecule has 2 atom stereocenters. The van der Waals surface area contributed by atoms with E-state index in [1.165, 1.54) is 0 Å². The summed E-state index contributed by atoms with van der Waals surface area (Å²) in [5.74, 6) is 0. The van der Waals surface area contributed by atoms with Gasteiger partial charge in [0.1, 0.15) is 0 Å². The average molecular weight is 263 g/mol. The van der Waals surface area contributed by atoms with Crippen molar-refractivity contribution in [2.45, 2.75) is 32.4 Å². The van der Waals surface area contributed by atoms with Crippen LogP contribution in [-0.4, -0.2) is 75.9 Å². The van der Waals surface area contributed by atoms with Crippen molar-refractivity contribution < 1.29 is 19.3 Å². The van der Waals surface area contributed by atoms with E-state index in [4.69, 9.17) is 14.2 Å². The van der Waals surface area contributed by atoms with Crippen LogP contribution in [0.3, 0.4) is 0 Å². The number of rotatable bonds is 12. The second-order valence-electron chi connectivity index (χ2n) is 4.47.